The van der Waals surface area contributed by atoms with Crippen molar-refractivity contribution in [1.29, 1.82) is 0 Å². The summed E-state index contributed by atoms with van der Waals surface area (Å²) >= 11 is 0. The summed E-state index contributed by atoms with van der Waals surface area (Å²) in [7, 11) is 1.68. The number of pyridine rings is 1. The van der Waals surface area contributed by atoms with E-state index in [1.54, 1.807) is 19.4 Å². The van der Waals surface area contributed by atoms with E-state index in [1.165, 1.54) is 0 Å². The first-order chi connectivity index (χ1) is 11.4. The lowest BCUT2D eigenvalue weighted by Crippen LogP contribution is -2.40. The number of hydrogen-bond donors (Lipinski definition) is 2. The van der Waals surface area contributed by atoms with Gasteiger partial charge in [-0.2, -0.15) is 0 Å². The topological polar surface area (TPSA) is 63.2 Å². The van der Waals surface area contributed by atoms with Gasteiger partial charge in [-0.1, -0.05) is 18.2 Å². The number of nitrogens with zero attached hydrogens (tertiary/aromatic N) is 1. The molecule has 0 bridgehead atoms. The third-order valence-corrected chi connectivity index (χ3v) is 3.40. The highest BCUT2D eigenvalue weighted by Crippen LogP contribution is 2.18. The molecular formula is C19H25N3O2. The van der Waals surface area contributed by atoms with Crippen LogP contribution in [0.2, 0.25) is 0 Å². The van der Waals surface area contributed by atoms with Crippen LogP contribution < -0.4 is 15.4 Å². The van der Waals surface area contributed by atoms with E-state index < -0.39 is 0 Å². The second-order valence-electron chi connectivity index (χ2n) is 6.62. The molecule has 0 atom stereocenters. The smallest absolute Gasteiger partial charge is 0.270 e. The van der Waals surface area contributed by atoms with Crippen molar-refractivity contribution < 1.29 is 9.53 Å². The lowest BCUT2D eigenvalue weighted by Gasteiger charge is -2.20. The second kappa shape index (κ2) is 7.81. The van der Waals surface area contributed by atoms with Gasteiger partial charge in [-0.25, -0.2) is 0 Å². The fourth-order valence-electron chi connectivity index (χ4n) is 2.32. The van der Waals surface area contributed by atoms with Crippen LogP contribution in [-0.2, 0) is 6.42 Å². The van der Waals surface area contributed by atoms with E-state index in [0.717, 1.165) is 30.0 Å². The molecule has 0 unspecified atom stereocenters. The molecule has 24 heavy (non-hydrogen) atoms. The van der Waals surface area contributed by atoms with E-state index in [9.17, 15) is 4.79 Å². The minimum Gasteiger partial charge on any atom is -0.496 e. The molecule has 128 valence electrons. The fourth-order valence-corrected chi connectivity index (χ4v) is 2.32. The molecule has 2 N–H and O–H groups in total. The molecular weight excluding hydrogens is 302 g/mol. The summed E-state index contributed by atoms with van der Waals surface area (Å²) in [6.45, 7) is 6.57. The number of carbonyl (C=O) groups is 1. The number of anilines is 1. The molecule has 5 nitrogen and oxygen atoms in total. The van der Waals surface area contributed by atoms with Gasteiger partial charge < -0.3 is 15.4 Å². The van der Waals surface area contributed by atoms with Gasteiger partial charge in [-0.15, -0.1) is 0 Å². The molecule has 1 heterocycles. The zero-order valence-electron chi connectivity index (χ0n) is 14.7. The normalized spacial score (nSPS) is 11.0. The van der Waals surface area contributed by atoms with Crippen LogP contribution in [0.5, 0.6) is 5.75 Å². The minimum absolute atomic E-state index is 0.170. The first kappa shape index (κ1) is 17.8. The first-order valence-electron chi connectivity index (χ1n) is 8.03. The molecule has 0 saturated heterocycles. The molecule has 0 saturated carbocycles. The van der Waals surface area contributed by atoms with Crippen molar-refractivity contribution in [2.45, 2.75) is 32.7 Å². The Hall–Kier alpha value is -2.56. The molecule has 2 aromatic rings. The van der Waals surface area contributed by atoms with E-state index >= 15 is 0 Å². The summed E-state index contributed by atoms with van der Waals surface area (Å²) in [6, 6.07) is 11.6. The SMILES string of the molecule is COc1ccccc1CCNc1ccnc(C(=O)NC(C)(C)C)c1. The number of rotatable bonds is 6. The summed E-state index contributed by atoms with van der Waals surface area (Å²) in [5, 5.41) is 6.24. The van der Waals surface area contributed by atoms with Crippen molar-refractivity contribution in [1.82, 2.24) is 10.3 Å². The molecule has 5 heteroatoms. The third kappa shape index (κ3) is 5.26. The van der Waals surface area contributed by atoms with Gasteiger partial charge in [0.25, 0.3) is 5.91 Å². The van der Waals surface area contributed by atoms with E-state index in [0.29, 0.717) is 5.69 Å². The van der Waals surface area contributed by atoms with Crippen LogP contribution in [0.3, 0.4) is 0 Å². The lowest BCUT2D eigenvalue weighted by atomic mass is 10.1. The summed E-state index contributed by atoms with van der Waals surface area (Å²) < 4.78 is 5.35. The predicted octanol–water partition coefficient (Wildman–Crippen LogP) is 3.27. The molecule has 0 radical (unpaired) electrons. The molecule has 2 rings (SSSR count). The standard InChI is InChI=1S/C19H25N3O2/c1-19(2,3)22-18(23)16-13-15(10-12-21-16)20-11-9-14-7-5-6-8-17(14)24-4/h5-8,10,12-13H,9,11H2,1-4H3,(H,20,21)(H,22,23). The zero-order chi connectivity index (χ0) is 17.6. The minimum atomic E-state index is -0.286. The summed E-state index contributed by atoms with van der Waals surface area (Å²) in [6.07, 6.45) is 2.47. The van der Waals surface area contributed by atoms with Crippen molar-refractivity contribution in [3.63, 3.8) is 0 Å². The zero-order valence-corrected chi connectivity index (χ0v) is 14.7. The quantitative estimate of drug-likeness (QED) is 0.855. The van der Waals surface area contributed by atoms with Crippen molar-refractivity contribution in [3.8, 4) is 5.75 Å². The van der Waals surface area contributed by atoms with E-state index in [2.05, 4.69) is 21.7 Å². The number of benzene rings is 1. The molecule has 1 aromatic heterocycles. The van der Waals surface area contributed by atoms with Gasteiger partial charge in [-0.3, -0.25) is 9.78 Å². The third-order valence-electron chi connectivity index (χ3n) is 3.40. The molecule has 0 aliphatic rings. The van der Waals surface area contributed by atoms with Crippen molar-refractivity contribution >= 4 is 11.6 Å². The number of ether oxygens (including phenoxy) is 1. The number of amides is 1. The number of methoxy groups -OCH3 is 1. The van der Waals surface area contributed by atoms with Gasteiger partial charge in [0, 0.05) is 24.0 Å². The van der Waals surface area contributed by atoms with Gasteiger partial charge in [0.15, 0.2) is 0 Å². The summed E-state index contributed by atoms with van der Waals surface area (Å²) in [5.41, 5.74) is 2.14. The van der Waals surface area contributed by atoms with E-state index in [1.807, 2.05) is 45.0 Å². The van der Waals surface area contributed by atoms with Crippen molar-refractivity contribution in [3.05, 3.63) is 53.9 Å². The monoisotopic (exact) mass is 327 g/mol. The van der Waals surface area contributed by atoms with Gasteiger partial charge in [0.2, 0.25) is 0 Å². The Morgan fingerprint density at radius 3 is 2.67 bits per heavy atom. The number of hydrogen-bond acceptors (Lipinski definition) is 4. The maximum absolute atomic E-state index is 12.2. The van der Waals surface area contributed by atoms with Crippen LogP contribution in [0.4, 0.5) is 5.69 Å². The number of para-hydroxylation sites is 1. The number of nitrogens with one attached hydrogen (secondary N) is 2. The largest absolute Gasteiger partial charge is 0.496 e. The van der Waals surface area contributed by atoms with Crippen molar-refractivity contribution in [2.75, 3.05) is 19.0 Å². The molecule has 0 aliphatic heterocycles. The molecule has 0 aliphatic carbocycles. The average molecular weight is 327 g/mol. The van der Waals surface area contributed by atoms with Crippen LogP contribution in [0.15, 0.2) is 42.6 Å². The van der Waals surface area contributed by atoms with Gasteiger partial charge in [0.05, 0.1) is 7.11 Å². The lowest BCUT2D eigenvalue weighted by molar-refractivity contribution is 0.0914. The van der Waals surface area contributed by atoms with Gasteiger partial charge in [0.1, 0.15) is 11.4 Å². The van der Waals surface area contributed by atoms with Crippen LogP contribution in [0.1, 0.15) is 36.8 Å². The van der Waals surface area contributed by atoms with E-state index in [4.69, 9.17) is 4.74 Å². The van der Waals surface area contributed by atoms with Crippen molar-refractivity contribution in [2.24, 2.45) is 0 Å². The van der Waals surface area contributed by atoms with Gasteiger partial charge in [-0.05, 0) is 51.0 Å². The maximum Gasteiger partial charge on any atom is 0.270 e. The van der Waals surface area contributed by atoms with E-state index in [-0.39, 0.29) is 11.4 Å². The fraction of sp³-hybridized carbons (Fsp3) is 0.368. The van der Waals surface area contributed by atoms with Crippen LogP contribution in [-0.4, -0.2) is 30.1 Å². The first-order valence-corrected chi connectivity index (χ1v) is 8.03. The summed E-state index contributed by atoms with van der Waals surface area (Å²) in [4.78, 5) is 16.3. The number of aromatic nitrogens is 1. The highest BCUT2D eigenvalue weighted by molar-refractivity contribution is 5.93. The Kier molecular flexibility index (Phi) is 5.79. The van der Waals surface area contributed by atoms with Crippen LogP contribution in [0.25, 0.3) is 0 Å². The molecule has 0 fully saturated rings. The highest BCUT2D eigenvalue weighted by atomic mass is 16.5. The second-order valence-corrected chi connectivity index (χ2v) is 6.62. The Labute approximate surface area is 143 Å². The molecule has 1 aromatic carbocycles. The molecule has 0 spiro atoms. The molecule has 1 amide bonds. The Bertz CT molecular complexity index is 693. The average Bonchev–Trinajstić information content (AvgIpc) is 2.54. The van der Waals surface area contributed by atoms with Gasteiger partial charge >= 0.3 is 0 Å². The van der Waals surface area contributed by atoms with Crippen LogP contribution >= 0.6 is 0 Å². The summed E-state index contributed by atoms with van der Waals surface area (Å²) in [5.74, 6) is 0.718. The Balaban J connectivity index is 1.96. The highest BCUT2D eigenvalue weighted by Gasteiger charge is 2.16. The number of carbonyl (C=O) groups excluding carboxylic acids is 1. The van der Waals surface area contributed by atoms with Crippen LogP contribution in [0, 0.1) is 0 Å². The maximum atomic E-state index is 12.2. The predicted molar refractivity (Wildman–Crippen MR) is 96.6 cm³/mol. The Morgan fingerprint density at radius 1 is 1.21 bits per heavy atom. The Morgan fingerprint density at radius 2 is 1.96 bits per heavy atom.